The molecule has 0 aromatic heterocycles. The maximum atomic E-state index is 5.85. The molecule has 0 aromatic carbocycles. The van der Waals surface area contributed by atoms with Gasteiger partial charge in [-0.1, -0.05) is 26.7 Å². The minimum absolute atomic E-state index is 0.637. The molecule has 0 aliphatic carbocycles. The molecular formula is C12H22O4. The normalized spacial score (nSPS) is 27.4. The SMILES string of the molecule is CCCC1(C2(CCC)OCCO2)OCCO1. The second-order valence-corrected chi connectivity index (χ2v) is 4.40. The molecule has 0 saturated carbocycles. The summed E-state index contributed by atoms with van der Waals surface area (Å²) in [6.07, 6.45) is 3.65. The van der Waals surface area contributed by atoms with Crippen LogP contribution in [0.4, 0.5) is 0 Å². The highest BCUT2D eigenvalue weighted by Gasteiger charge is 2.59. The van der Waals surface area contributed by atoms with Crippen LogP contribution in [0.15, 0.2) is 0 Å². The second kappa shape index (κ2) is 5.00. The van der Waals surface area contributed by atoms with E-state index in [1.807, 2.05) is 0 Å². The highest BCUT2D eigenvalue weighted by Crippen LogP contribution is 2.44. The van der Waals surface area contributed by atoms with Gasteiger partial charge < -0.3 is 18.9 Å². The van der Waals surface area contributed by atoms with E-state index in [-0.39, 0.29) is 0 Å². The Morgan fingerprint density at radius 3 is 1.25 bits per heavy atom. The van der Waals surface area contributed by atoms with E-state index >= 15 is 0 Å². The molecular weight excluding hydrogens is 208 g/mol. The summed E-state index contributed by atoms with van der Waals surface area (Å²) in [5.74, 6) is -1.34. The van der Waals surface area contributed by atoms with E-state index < -0.39 is 11.6 Å². The van der Waals surface area contributed by atoms with Crippen molar-refractivity contribution in [2.75, 3.05) is 26.4 Å². The van der Waals surface area contributed by atoms with Crippen LogP contribution in [0.2, 0.25) is 0 Å². The van der Waals surface area contributed by atoms with Crippen LogP contribution >= 0.6 is 0 Å². The molecule has 0 aromatic rings. The van der Waals surface area contributed by atoms with Gasteiger partial charge in [-0.25, -0.2) is 0 Å². The first-order chi connectivity index (χ1) is 7.79. The lowest BCUT2D eigenvalue weighted by Gasteiger charge is -2.42. The van der Waals surface area contributed by atoms with Gasteiger partial charge in [0, 0.05) is 12.8 Å². The number of hydrogen-bond acceptors (Lipinski definition) is 4. The molecule has 2 rings (SSSR count). The number of rotatable bonds is 5. The molecule has 94 valence electrons. The Hall–Kier alpha value is -0.160. The number of ether oxygens (including phenoxy) is 4. The molecule has 16 heavy (non-hydrogen) atoms. The summed E-state index contributed by atoms with van der Waals surface area (Å²) < 4.78 is 23.4. The molecule has 2 heterocycles. The third kappa shape index (κ3) is 1.88. The van der Waals surface area contributed by atoms with Gasteiger partial charge in [-0.3, -0.25) is 0 Å². The van der Waals surface area contributed by atoms with Gasteiger partial charge in [0.25, 0.3) is 0 Å². The molecule has 2 fully saturated rings. The van der Waals surface area contributed by atoms with Crippen LogP contribution in [0.25, 0.3) is 0 Å². The van der Waals surface area contributed by atoms with Crippen molar-refractivity contribution in [2.45, 2.75) is 51.1 Å². The lowest BCUT2D eigenvalue weighted by atomic mass is 9.96. The summed E-state index contributed by atoms with van der Waals surface area (Å²) in [4.78, 5) is 0. The van der Waals surface area contributed by atoms with Gasteiger partial charge in [0.15, 0.2) is 0 Å². The van der Waals surface area contributed by atoms with Crippen molar-refractivity contribution >= 4 is 0 Å². The van der Waals surface area contributed by atoms with Crippen LogP contribution in [0.3, 0.4) is 0 Å². The van der Waals surface area contributed by atoms with E-state index in [4.69, 9.17) is 18.9 Å². The van der Waals surface area contributed by atoms with Gasteiger partial charge in [-0.05, 0) is 0 Å². The van der Waals surface area contributed by atoms with Crippen LogP contribution < -0.4 is 0 Å². The van der Waals surface area contributed by atoms with Gasteiger partial charge in [-0.15, -0.1) is 0 Å². The summed E-state index contributed by atoms with van der Waals surface area (Å²) in [7, 11) is 0. The predicted molar refractivity (Wildman–Crippen MR) is 59.1 cm³/mol. The highest BCUT2D eigenvalue weighted by molar-refractivity contribution is 4.93. The Bertz CT molecular complexity index is 193. The van der Waals surface area contributed by atoms with Crippen molar-refractivity contribution < 1.29 is 18.9 Å². The van der Waals surface area contributed by atoms with Gasteiger partial charge >= 0.3 is 0 Å². The van der Waals surface area contributed by atoms with Crippen molar-refractivity contribution in [1.29, 1.82) is 0 Å². The molecule has 2 aliphatic rings. The Labute approximate surface area is 97.2 Å². The zero-order valence-corrected chi connectivity index (χ0v) is 10.3. The lowest BCUT2D eigenvalue weighted by Crippen LogP contribution is -2.56. The second-order valence-electron chi connectivity index (χ2n) is 4.40. The summed E-state index contributed by atoms with van der Waals surface area (Å²) in [6.45, 7) is 6.80. The van der Waals surface area contributed by atoms with Crippen molar-refractivity contribution in [3.63, 3.8) is 0 Å². The van der Waals surface area contributed by atoms with Gasteiger partial charge in [-0.2, -0.15) is 0 Å². The van der Waals surface area contributed by atoms with Gasteiger partial charge in [0.2, 0.25) is 11.6 Å². The molecule has 0 atom stereocenters. The van der Waals surface area contributed by atoms with Crippen molar-refractivity contribution in [3.05, 3.63) is 0 Å². The van der Waals surface area contributed by atoms with Crippen LogP contribution in [0.5, 0.6) is 0 Å². The maximum absolute atomic E-state index is 5.85. The van der Waals surface area contributed by atoms with E-state index in [2.05, 4.69) is 13.8 Å². The monoisotopic (exact) mass is 230 g/mol. The topological polar surface area (TPSA) is 36.9 Å². The summed E-state index contributed by atoms with van der Waals surface area (Å²) in [5, 5.41) is 0. The smallest absolute Gasteiger partial charge is 0.223 e. The fraction of sp³-hybridized carbons (Fsp3) is 1.00. The Morgan fingerprint density at radius 1 is 0.688 bits per heavy atom. The van der Waals surface area contributed by atoms with E-state index in [9.17, 15) is 0 Å². The van der Waals surface area contributed by atoms with Gasteiger partial charge in [0.05, 0.1) is 26.4 Å². The third-order valence-electron chi connectivity index (χ3n) is 3.25. The standard InChI is InChI=1S/C12H22O4/c1-3-5-11(13-7-8-14-11)12(6-4-2)15-9-10-16-12/h3-10H2,1-2H3. The lowest BCUT2D eigenvalue weighted by molar-refractivity contribution is -0.351. The highest BCUT2D eigenvalue weighted by atomic mass is 16.8. The molecule has 2 aliphatic heterocycles. The van der Waals surface area contributed by atoms with Gasteiger partial charge in [0.1, 0.15) is 0 Å². The van der Waals surface area contributed by atoms with E-state index in [0.29, 0.717) is 26.4 Å². The zero-order chi connectivity index (χ0) is 11.5. The molecule has 0 N–H and O–H groups in total. The molecule has 0 bridgehead atoms. The van der Waals surface area contributed by atoms with E-state index in [1.165, 1.54) is 0 Å². The first-order valence-corrected chi connectivity index (χ1v) is 6.34. The minimum Gasteiger partial charge on any atom is -0.343 e. The predicted octanol–water partition coefficient (Wildman–Crippen LogP) is 2.07. The first kappa shape index (κ1) is 12.3. The fourth-order valence-corrected chi connectivity index (χ4v) is 2.68. The van der Waals surface area contributed by atoms with Crippen LogP contribution in [-0.2, 0) is 18.9 Å². The largest absolute Gasteiger partial charge is 0.343 e. The first-order valence-electron chi connectivity index (χ1n) is 6.34. The van der Waals surface area contributed by atoms with Crippen molar-refractivity contribution in [3.8, 4) is 0 Å². The Morgan fingerprint density at radius 2 is 1.00 bits per heavy atom. The Kier molecular flexibility index (Phi) is 3.85. The molecule has 0 unspecified atom stereocenters. The summed E-state index contributed by atoms with van der Waals surface area (Å²) in [5.41, 5.74) is 0. The Balaban J connectivity index is 2.20. The minimum atomic E-state index is -0.672. The summed E-state index contributed by atoms with van der Waals surface area (Å²) >= 11 is 0. The van der Waals surface area contributed by atoms with Crippen molar-refractivity contribution in [2.24, 2.45) is 0 Å². The molecule has 0 amide bonds. The third-order valence-corrected chi connectivity index (χ3v) is 3.25. The van der Waals surface area contributed by atoms with Crippen LogP contribution in [0, 0.1) is 0 Å². The van der Waals surface area contributed by atoms with Crippen LogP contribution in [-0.4, -0.2) is 38.0 Å². The van der Waals surface area contributed by atoms with E-state index in [1.54, 1.807) is 0 Å². The fourth-order valence-electron chi connectivity index (χ4n) is 2.68. The summed E-state index contributed by atoms with van der Waals surface area (Å²) in [6, 6.07) is 0. The quantitative estimate of drug-likeness (QED) is 0.724. The van der Waals surface area contributed by atoms with Crippen LogP contribution in [0.1, 0.15) is 39.5 Å². The van der Waals surface area contributed by atoms with E-state index in [0.717, 1.165) is 25.7 Å². The zero-order valence-electron chi connectivity index (χ0n) is 10.3. The average Bonchev–Trinajstić information content (AvgIpc) is 2.89. The number of hydrogen-bond donors (Lipinski definition) is 0. The maximum Gasteiger partial charge on any atom is 0.223 e. The molecule has 4 nitrogen and oxygen atoms in total. The molecule has 4 heteroatoms. The average molecular weight is 230 g/mol. The molecule has 0 radical (unpaired) electrons. The molecule has 2 saturated heterocycles. The molecule has 0 spiro atoms. The van der Waals surface area contributed by atoms with Crippen molar-refractivity contribution in [1.82, 2.24) is 0 Å².